The van der Waals surface area contributed by atoms with E-state index in [9.17, 15) is 13.2 Å². The van der Waals surface area contributed by atoms with E-state index in [2.05, 4.69) is 10.0 Å². The second-order valence-electron chi connectivity index (χ2n) is 5.54. The van der Waals surface area contributed by atoms with Crippen LogP contribution in [0.1, 0.15) is 16.1 Å². The van der Waals surface area contributed by atoms with Gasteiger partial charge in [0, 0.05) is 0 Å². The third kappa shape index (κ3) is 4.07. The number of carbonyl (C=O) groups excluding carboxylic acids is 1. The Bertz CT molecular complexity index is 1030. The van der Waals surface area contributed by atoms with Gasteiger partial charge >= 0.3 is 0 Å². The molecule has 2 aromatic carbocycles. The third-order valence-corrected chi connectivity index (χ3v) is 5.26. The molecule has 1 amide bonds. The predicted octanol–water partition coefficient (Wildman–Crippen LogP) is 4.29. The lowest BCUT2D eigenvalue weighted by Gasteiger charge is -2.11. The summed E-state index contributed by atoms with van der Waals surface area (Å²) in [5.74, 6) is -0.310. The Morgan fingerprint density at radius 2 is 1.81 bits per heavy atom. The molecule has 0 aliphatic rings. The Morgan fingerprint density at radius 3 is 2.42 bits per heavy atom. The highest BCUT2D eigenvalue weighted by molar-refractivity contribution is 7.92. The van der Waals surface area contributed by atoms with Gasteiger partial charge < -0.3 is 9.73 Å². The number of halogens is 1. The summed E-state index contributed by atoms with van der Waals surface area (Å²) in [6, 6.07) is 14.0. The first-order valence-electron chi connectivity index (χ1n) is 7.59. The fourth-order valence-corrected chi connectivity index (χ4v) is 3.48. The van der Waals surface area contributed by atoms with E-state index in [4.69, 9.17) is 16.0 Å². The van der Waals surface area contributed by atoms with Crippen LogP contribution < -0.4 is 10.0 Å². The molecule has 0 spiro atoms. The van der Waals surface area contributed by atoms with Gasteiger partial charge in [0.05, 0.1) is 27.6 Å². The molecule has 26 heavy (non-hydrogen) atoms. The molecule has 0 unspecified atom stereocenters. The van der Waals surface area contributed by atoms with Gasteiger partial charge in [-0.25, -0.2) is 8.42 Å². The molecule has 3 aromatic rings. The summed E-state index contributed by atoms with van der Waals surface area (Å²) < 4.78 is 32.3. The van der Waals surface area contributed by atoms with E-state index in [0.29, 0.717) is 5.69 Å². The normalized spacial score (nSPS) is 11.2. The van der Waals surface area contributed by atoms with Crippen molar-refractivity contribution in [3.05, 3.63) is 77.2 Å². The van der Waals surface area contributed by atoms with E-state index in [1.165, 1.54) is 42.7 Å². The van der Waals surface area contributed by atoms with Gasteiger partial charge in [0.25, 0.3) is 15.9 Å². The van der Waals surface area contributed by atoms with Crippen LogP contribution in [0.15, 0.2) is 70.2 Å². The Balaban J connectivity index is 1.77. The van der Waals surface area contributed by atoms with Crippen molar-refractivity contribution in [2.45, 2.75) is 11.8 Å². The third-order valence-electron chi connectivity index (χ3n) is 3.55. The molecular weight excluding hydrogens is 376 g/mol. The summed E-state index contributed by atoms with van der Waals surface area (Å²) in [7, 11) is -3.73. The van der Waals surface area contributed by atoms with Crippen LogP contribution in [0.2, 0.25) is 5.02 Å². The molecule has 6 nitrogen and oxygen atoms in total. The zero-order valence-corrected chi connectivity index (χ0v) is 15.3. The van der Waals surface area contributed by atoms with Crippen LogP contribution >= 0.6 is 11.6 Å². The van der Waals surface area contributed by atoms with Crippen molar-refractivity contribution in [2.75, 3.05) is 10.0 Å². The second kappa shape index (κ2) is 7.23. The smallest absolute Gasteiger partial charge is 0.291 e. The zero-order valence-electron chi connectivity index (χ0n) is 13.7. The SMILES string of the molecule is Cc1ccc(S(=O)(=O)Nc2ccc(NC(=O)c3ccco3)c(Cl)c2)cc1. The zero-order chi connectivity index (χ0) is 18.7. The number of furan rings is 1. The predicted molar refractivity (Wildman–Crippen MR) is 100 cm³/mol. The van der Waals surface area contributed by atoms with Gasteiger partial charge in [0.15, 0.2) is 5.76 Å². The molecule has 0 aliphatic carbocycles. The minimum absolute atomic E-state index is 0.144. The van der Waals surface area contributed by atoms with E-state index in [1.807, 2.05) is 6.92 Å². The molecule has 0 aliphatic heterocycles. The maximum atomic E-state index is 12.4. The molecule has 0 saturated heterocycles. The standard InChI is InChI=1S/C18H15ClN2O4S/c1-12-4-7-14(8-5-12)26(23,24)21-13-6-9-16(15(19)11-13)20-18(22)17-3-2-10-25-17/h2-11,21H,1H3,(H,20,22). The summed E-state index contributed by atoms with van der Waals surface area (Å²) in [6.07, 6.45) is 1.39. The largest absolute Gasteiger partial charge is 0.459 e. The summed E-state index contributed by atoms with van der Waals surface area (Å²) in [5.41, 5.74) is 1.58. The molecule has 0 fully saturated rings. The van der Waals surface area contributed by atoms with Crippen LogP contribution in [0, 0.1) is 6.92 Å². The van der Waals surface area contributed by atoms with Gasteiger partial charge in [-0.1, -0.05) is 29.3 Å². The van der Waals surface area contributed by atoms with Gasteiger partial charge in [-0.2, -0.15) is 0 Å². The maximum absolute atomic E-state index is 12.4. The average Bonchev–Trinajstić information content (AvgIpc) is 3.12. The number of benzene rings is 2. The van der Waals surface area contributed by atoms with Gasteiger partial charge in [0.1, 0.15) is 0 Å². The topological polar surface area (TPSA) is 88.4 Å². The molecule has 0 bridgehead atoms. The highest BCUT2D eigenvalue weighted by atomic mass is 35.5. The van der Waals surface area contributed by atoms with Crippen LogP contribution in [0.4, 0.5) is 11.4 Å². The van der Waals surface area contributed by atoms with Crippen LogP contribution in [0.3, 0.4) is 0 Å². The number of sulfonamides is 1. The molecular formula is C18H15ClN2O4S. The van der Waals surface area contributed by atoms with E-state index < -0.39 is 15.9 Å². The molecule has 0 saturated carbocycles. The molecule has 134 valence electrons. The molecule has 1 aromatic heterocycles. The first kappa shape index (κ1) is 18.0. The number of carbonyl (C=O) groups is 1. The van der Waals surface area contributed by atoms with Gasteiger partial charge in [-0.3, -0.25) is 9.52 Å². The van der Waals surface area contributed by atoms with E-state index in [-0.39, 0.29) is 21.4 Å². The fourth-order valence-electron chi connectivity index (χ4n) is 2.20. The number of anilines is 2. The molecule has 1 heterocycles. The van der Waals surface area contributed by atoms with Gasteiger partial charge in [-0.05, 0) is 49.4 Å². The summed E-state index contributed by atoms with van der Waals surface area (Å²) >= 11 is 6.15. The lowest BCUT2D eigenvalue weighted by molar-refractivity contribution is 0.0996. The van der Waals surface area contributed by atoms with Crippen LogP contribution in [-0.4, -0.2) is 14.3 Å². The number of rotatable bonds is 5. The number of hydrogen-bond acceptors (Lipinski definition) is 4. The van der Waals surface area contributed by atoms with Gasteiger partial charge in [-0.15, -0.1) is 0 Å². The number of amides is 1. The van der Waals surface area contributed by atoms with Crippen molar-refractivity contribution in [3.8, 4) is 0 Å². The van der Waals surface area contributed by atoms with Crippen molar-refractivity contribution in [1.82, 2.24) is 0 Å². The van der Waals surface area contributed by atoms with Crippen molar-refractivity contribution in [3.63, 3.8) is 0 Å². The summed E-state index contributed by atoms with van der Waals surface area (Å²) in [6.45, 7) is 1.87. The summed E-state index contributed by atoms with van der Waals surface area (Å²) in [4.78, 5) is 12.1. The fraction of sp³-hybridized carbons (Fsp3) is 0.0556. The minimum Gasteiger partial charge on any atom is -0.459 e. The Kier molecular flexibility index (Phi) is 5.01. The van der Waals surface area contributed by atoms with E-state index in [0.717, 1.165) is 5.56 Å². The maximum Gasteiger partial charge on any atom is 0.291 e. The molecule has 2 N–H and O–H groups in total. The highest BCUT2D eigenvalue weighted by Gasteiger charge is 2.16. The number of hydrogen-bond donors (Lipinski definition) is 2. The lowest BCUT2D eigenvalue weighted by atomic mass is 10.2. The first-order valence-corrected chi connectivity index (χ1v) is 9.45. The van der Waals surface area contributed by atoms with Crippen molar-refractivity contribution in [2.24, 2.45) is 0 Å². The molecule has 0 atom stereocenters. The molecule has 0 radical (unpaired) electrons. The second-order valence-corrected chi connectivity index (χ2v) is 7.63. The van der Waals surface area contributed by atoms with Crippen LogP contribution in [0.5, 0.6) is 0 Å². The average molecular weight is 391 g/mol. The van der Waals surface area contributed by atoms with Crippen molar-refractivity contribution >= 4 is 38.9 Å². The Morgan fingerprint density at radius 1 is 1.08 bits per heavy atom. The van der Waals surface area contributed by atoms with E-state index in [1.54, 1.807) is 18.2 Å². The molecule has 8 heteroatoms. The Labute approximate surface area is 155 Å². The Hall–Kier alpha value is -2.77. The van der Waals surface area contributed by atoms with Crippen molar-refractivity contribution in [1.29, 1.82) is 0 Å². The van der Waals surface area contributed by atoms with Gasteiger partial charge in [0.2, 0.25) is 0 Å². The van der Waals surface area contributed by atoms with E-state index >= 15 is 0 Å². The van der Waals surface area contributed by atoms with Crippen molar-refractivity contribution < 1.29 is 17.6 Å². The minimum atomic E-state index is -3.73. The quantitative estimate of drug-likeness (QED) is 0.680. The number of aryl methyl sites for hydroxylation is 1. The summed E-state index contributed by atoms with van der Waals surface area (Å²) in [5, 5.41) is 2.79. The first-order chi connectivity index (χ1) is 12.3. The van der Waals surface area contributed by atoms with Crippen LogP contribution in [0.25, 0.3) is 0 Å². The molecule has 3 rings (SSSR count). The highest BCUT2D eigenvalue weighted by Crippen LogP contribution is 2.27. The lowest BCUT2D eigenvalue weighted by Crippen LogP contribution is -2.14. The van der Waals surface area contributed by atoms with Crippen LogP contribution in [-0.2, 0) is 10.0 Å². The number of nitrogens with one attached hydrogen (secondary N) is 2. The monoisotopic (exact) mass is 390 g/mol.